The van der Waals surface area contributed by atoms with Gasteiger partial charge in [0, 0.05) is 16.7 Å². The van der Waals surface area contributed by atoms with E-state index in [1.165, 1.54) is 0 Å². The molecule has 0 saturated carbocycles. The number of halogens is 1. The molecule has 1 heterocycles. The predicted molar refractivity (Wildman–Crippen MR) is 59.2 cm³/mol. The second-order valence-corrected chi connectivity index (χ2v) is 3.99. The Kier molecular flexibility index (Phi) is 3.63. The maximum absolute atomic E-state index is 5.71. The lowest BCUT2D eigenvalue weighted by atomic mass is 10.1. The molecule has 0 aliphatic heterocycles. The number of hydrogen-bond donors (Lipinski definition) is 1. The highest BCUT2D eigenvalue weighted by Gasteiger charge is 1.97. The van der Waals surface area contributed by atoms with E-state index in [-0.39, 0.29) is 6.04 Å². The third-order valence-electron chi connectivity index (χ3n) is 1.84. The molecule has 0 aromatic carbocycles. The first kappa shape index (κ1) is 10.4. The maximum Gasteiger partial charge on any atom is 0.0630 e. The Morgan fingerprint density at radius 1 is 1.62 bits per heavy atom. The number of hydrogen-bond acceptors (Lipinski definition) is 2. The largest absolute Gasteiger partial charge is 0.324 e. The Morgan fingerprint density at radius 3 is 2.77 bits per heavy atom. The van der Waals surface area contributed by atoms with Crippen LogP contribution in [0.4, 0.5) is 0 Å². The average molecular weight is 241 g/mol. The normalized spacial score (nSPS) is 14.3. The summed E-state index contributed by atoms with van der Waals surface area (Å²) >= 11 is 3.33. The molecule has 1 aromatic rings. The molecule has 0 aliphatic carbocycles. The van der Waals surface area contributed by atoms with Crippen molar-refractivity contribution in [3.8, 4) is 0 Å². The Hall–Kier alpha value is -0.670. The van der Waals surface area contributed by atoms with Crippen molar-refractivity contribution < 1.29 is 0 Å². The Balaban J connectivity index is 2.85. The second kappa shape index (κ2) is 4.53. The van der Waals surface area contributed by atoms with Crippen molar-refractivity contribution >= 4 is 22.0 Å². The zero-order valence-corrected chi connectivity index (χ0v) is 9.38. The second-order valence-electron chi connectivity index (χ2n) is 3.08. The van der Waals surface area contributed by atoms with E-state index in [1.54, 1.807) is 6.20 Å². The van der Waals surface area contributed by atoms with Crippen LogP contribution in [-0.2, 0) is 0 Å². The lowest BCUT2D eigenvalue weighted by molar-refractivity contribution is 0.867. The van der Waals surface area contributed by atoms with E-state index in [4.69, 9.17) is 5.73 Å². The highest BCUT2D eigenvalue weighted by atomic mass is 79.9. The van der Waals surface area contributed by atoms with E-state index in [9.17, 15) is 0 Å². The number of pyridine rings is 1. The van der Waals surface area contributed by atoms with Crippen LogP contribution in [-0.4, -0.2) is 11.0 Å². The van der Waals surface area contributed by atoms with E-state index in [2.05, 4.69) is 20.9 Å². The molecule has 2 nitrogen and oxygen atoms in total. The van der Waals surface area contributed by atoms with E-state index >= 15 is 0 Å². The van der Waals surface area contributed by atoms with Crippen LogP contribution in [0.5, 0.6) is 0 Å². The Labute approximate surface area is 87.0 Å². The van der Waals surface area contributed by atoms with Crippen molar-refractivity contribution in [2.24, 2.45) is 5.73 Å². The molecule has 0 amide bonds. The van der Waals surface area contributed by atoms with Gasteiger partial charge in [-0.3, -0.25) is 4.98 Å². The maximum atomic E-state index is 5.71. The first-order valence-electron chi connectivity index (χ1n) is 4.15. The molecule has 1 rings (SSSR count). The van der Waals surface area contributed by atoms with Gasteiger partial charge < -0.3 is 5.73 Å². The summed E-state index contributed by atoms with van der Waals surface area (Å²) in [5.74, 6) is 0. The smallest absolute Gasteiger partial charge is 0.0630 e. The summed E-state index contributed by atoms with van der Waals surface area (Å²) in [7, 11) is 0. The molecule has 1 atom stereocenters. The summed E-state index contributed by atoms with van der Waals surface area (Å²) < 4.78 is 0.989. The molecule has 0 radical (unpaired) electrons. The zero-order chi connectivity index (χ0) is 9.84. The summed E-state index contributed by atoms with van der Waals surface area (Å²) in [5, 5.41) is 0. The van der Waals surface area contributed by atoms with Crippen LogP contribution in [0.2, 0.25) is 0 Å². The summed E-state index contributed by atoms with van der Waals surface area (Å²) in [6, 6.07) is 4.01. The van der Waals surface area contributed by atoms with Crippen LogP contribution >= 0.6 is 15.9 Å². The molecular weight excluding hydrogens is 228 g/mol. The third-order valence-corrected chi connectivity index (χ3v) is 2.31. The van der Waals surface area contributed by atoms with Crippen LogP contribution in [0.15, 0.2) is 28.4 Å². The fraction of sp³-hybridized carbons (Fsp3) is 0.300. The van der Waals surface area contributed by atoms with Gasteiger partial charge in [0.2, 0.25) is 0 Å². The standard InChI is InChI=1S/C10H13BrN2/c1-7(8(2)12)5-10-4-3-9(11)6-13-10/h3-6,8H,12H2,1-2H3/b7-5+. The van der Waals surface area contributed by atoms with Gasteiger partial charge in [-0.25, -0.2) is 0 Å². The highest BCUT2D eigenvalue weighted by molar-refractivity contribution is 9.10. The van der Waals surface area contributed by atoms with E-state index in [1.807, 2.05) is 32.1 Å². The zero-order valence-electron chi connectivity index (χ0n) is 7.79. The van der Waals surface area contributed by atoms with Crippen molar-refractivity contribution in [3.05, 3.63) is 34.1 Å². The van der Waals surface area contributed by atoms with Gasteiger partial charge in [0.1, 0.15) is 0 Å². The van der Waals surface area contributed by atoms with Gasteiger partial charge in [-0.2, -0.15) is 0 Å². The molecule has 1 unspecified atom stereocenters. The molecule has 0 saturated heterocycles. The minimum Gasteiger partial charge on any atom is -0.324 e. The number of rotatable bonds is 2. The highest BCUT2D eigenvalue weighted by Crippen LogP contribution is 2.10. The molecular formula is C10H13BrN2. The van der Waals surface area contributed by atoms with Crippen molar-refractivity contribution in [1.29, 1.82) is 0 Å². The fourth-order valence-corrected chi connectivity index (χ4v) is 1.07. The third kappa shape index (κ3) is 3.28. The van der Waals surface area contributed by atoms with Gasteiger partial charge in [-0.15, -0.1) is 0 Å². The summed E-state index contributed by atoms with van der Waals surface area (Å²) in [6.45, 7) is 3.97. The first-order chi connectivity index (χ1) is 6.09. The van der Waals surface area contributed by atoms with Gasteiger partial charge in [-0.1, -0.05) is 5.57 Å². The van der Waals surface area contributed by atoms with Gasteiger partial charge >= 0.3 is 0 Å². The molecule has 0 fully saturated rings. The van der Waals surface area contributed by atoms with Crippen molar-refractivity contribution in [1.82, 2.24) is 4.98 Å². The Bertz CT molecular complexity index is 301. The Morgan fingerprint density at radius 2 is 2.31 bits per heavy atom. The van der Waals surface area contributed by atoms with E-state index in [0.29, 0.717) is 0 Å². The minimum absolute atomic E-state index is 0.0884. The molecule has 3 heteroatoms. The number of aromatic nitrogens is 1. The van der Waals surface area contributed by atoms with Crippen LogP contribution in [0, 0.1) is 0 Å². The van der Waals surface area contributed by atoms with Gasteiger partial charge in [0.05, 0.1) is 5.69 Å². The molecule has 70 valence electrons. The number of nitrogens with zero attached hydrogens (tertiary/aromatic N) is 1. The summed E-state index contributed by atoms with van der Waals surface area (Å²) in [6.07, 6.45) is 3.78. The molecule has 1 aromatic heterocycles. The predicted octanol–water partition coefficient (Wildman–Crippen LogP) is 2.59. The molecule has 0 spiro atoms. The topological polar surface area (TPSA) is 38.9 Å². The molecule has 2 N–H and O–H groups in total. The molecule has 0 aliphatic rings. The lowest BCUT2D eigenvalue weighted by Gasteiger charge is -2.04. The quantitative estimate of drug-likeness (QED) is 0.864. The van der Waals surface area contributed by atoms with Crippen molar-refractivity contribution in [2.45, 2.75) is 19.9 Å². The van der Waals surface area contributed by atoms with E-state index in [0.717, 1.165) is 15.7 Å². The lowest BCUT2D eigenvalue weighted by Crippen LogP contribution is -2.15. The monoisotopic (exact) mass is 240 g/mol. The van der Waals surface area contributed by atoms with Gasteiger partial charge in [0.15, 0.2) is 0 Å². The summed E-state index contributed by atoms with van der Waals surface area (Å²) in [5.41, 5.74) is 7.79. The molecule has 13 heavy (non-hydrogen) atoms. The van der Waals surface area contributed by atoms with E-state index < -0.39 is 0 Å². The van der Waals surface area contributed by atoms with Crippen LogP contribution in [0.3, 0.4) is 0 Å². The average Bonchev–Trinajstić information content (AvgIpc) is 2.08. The van der Waals surface area contributed by atoms with Crippen LogP contribution in [0.25, 0.3) is 6.08 Å². The van der Waals surface area contributed by atoms with Gasteiger partial charge in [-0.05, 0) is 48.0 Å². The van der Waals surface area contributed by atoms with Crippen LogP contribution in [0.1, 0.15) is 19.5 Å². The van der Waals surface area contributed by atoms with Gasteiger partial charge in [0.25, 0.3) is 0 Å². The minimum atomic E-state index is 0.0884. The molecule has 0 bridgehead atoms. The summed E-state index contributed by atoms with van der Waals surface area (Å²) in [4.78, 5) is 4.22. The van der Waals surface area contributed by atoms with Crippen LogP contribution < -0.4 is 5.73 Å². The first-order valence-corrected chi connectivity index (χ1v) is 4.94. The number of nitrogens with two attached hydrogens (primary N) is 1. The van der Waals surface area contributed by atoms with Crippen molar-refractivity contribution in [3.63, 3.8) is 0 Å². The SMILES string of the molecule is C/C(=C\c1ccc(Br)cn1)C(C)N. The fourth-order valence-electron chi connectivity index (χ4n) is 0.837. The van der Waals surface area contributed by atoms with Crippen molar-refractivity contribution in [2.75, 3.05) is 0 Å².